The maximum absolute atomic E-state index is 13.2. The Labute approximate surface area is 113 Å². The van der Waals surface area contributed by atoms with Crippen molar-refractivity contribution in [2.45, 2.75) is 13.2 Å². The Morgan fingerprint density at radius 2 is 2.26 bits per heavy atom. The molecule has 2 N–H and O–H groups in total. The van der Waals surface area contributed by atoms with Crippen molar-refractivity contribution in [2.24, 2.45) is 0 Å². The molecule has 0 spiro atoms. The number of carbonyl (C=O) groups excluding carboxylic acids is 1. The molecule has 0 aliphatic heterocycles. The first-order valence-electron chi connectivity index (χ1n) is 5.43. The van der Waals surface area contributed by atoms with Crippen LogP contribution in [0.3, 0.4) is 0 Å². The smallest absolute Gasteiger partial charge is 0.328 e. The molecule has 0 bridgehead atoms. The highest BCUT2D eigenvalue weighted by atomic mass is 35.5. The van der Waals surface area contributed by atoms with E-state index < -0.39 is 11.8 Å². The molecule has 0 radical (unpaired) electrons. The molecule has 1 heterocycles. The molecular weight excluding hydrogens is 273 g/mol. The lowest BCUT2D eigenvalue weighted by Crippen LogP contribution is -2.14. The van der Waals surface area contributed by atoms with E-state index in [0.717, 1.165) is 0 Å². The van der Waals surface area contributed by atoms with Crippen molar-refractivity contribution in [3.05, 3.63) is 46.9 Å². The molecule has 0 atom stereocenters. The van der Waals surface area contributed by atoms with Gasteiger partial charge in [-0.2, -0.15) is 5.10 Å². The first kappa shape index (κ1) is 13.4. The van der Waals surface area contributed by atoms with Gasteiger partial charge in [-0.15, -0.1) is 0 Å². The number of hydrogen-bond donors (Lipinski definition) is 1. The van der Waals surface area contributed by atoms with Gasteiger partial charge >= 0.3 is 5.97 Å². The standard InChI is InChI=1S/C12H11ClFN3O2/c13-12-8(2-1-3-9(12)14)7-19-11(18)6-17-5-4-10(15)16-17/h1-5H,6-7H2,(H2,15,16). The summed E-state index contributed by atoms with van der Waals surface area (Å²) in [5.41, 5.74) is 5.82. The van der Waals surface area contributed by atoms with Crippen LogP contribution in [-0.4, -0.2) is 15.7 Å². The number of rotatable bonds is 4. The Bertz CT molecular complexity index is 600. The molecule has 1 aromatic heterocycles. The third-order valence-electron chi connectivity index (χ3n) is 2.37. The van der Waals surface area contributed by atoms with E-state index in [1.54, 1.807) is 18.3 Å². The van der Waals surface area contributed by atoms with Crippen LogP contribution in [0.2, 0.25) is 5.02 Å². The fourth-order valence-corrected chi connectivity index (χ4v) is 1.64. The van der Waals surface area contributed by atoms with Crippen LogP contribution in [-0.2, 0) is 22.7 Å². The first-order valence-corrected chi connectivity index (χ1v) is 5.81. The van der Waals surface area contributed by atoms with E-state index in [9.17, 15) is 9.18 Å². The average molecular weight is 284 g/mol. The topological polar surface area (TPSA) is 70.1 Å². The maximum Gasteiger partial charge on any atom is 0.328 e. The van der Waals surface area contributed by atoms with Crippen molar-refractivity contribution in [3.8, 4) is 0 Å². The summed E-state index contributed by atoms with van der Waals surface area (Å²) in [4.78, 5) is 11.5. The largest absolute Gasteiger partial charge is 0.459 e. The van der Waals surface area contributed by atoms with E-state index >= 15 is 0 Å². The monoisotopic (exact) mass is 283 g/mol. The number of halogens is 2. The highest BCUT2D eigenvalue weighted by Crippen LogP contribution is 2.20. The molecular formula is C12H11ClFN3O2. The van der Waals surface area contributed by atoms with Crippen molar-refractivity contribution in [1.82, 2.24) is 9.78 Å². The second-order valence-electron chi connectivity index (χ2n) is 3.81. The first-order chi connectivity index (χ1) is 9.06. The van der Waals surface area contributed by atoms with E-state index in [1.165, 1.54) is 16.8 Å². The molecule has 0 amide bonds. The Kier molecular flexibility index (Phi) is 4.01. The molecule has 7 heteroatoms. The number of nitrogens with zero attached hydrogens (tertiary/aromatic N) is 2. The molecule has 0 aliphatic carbocycles. The summed E-state index contributed by atoms with van der Waals surface area (Å²) in [6.45, 7) is -0.156. The number of benzene rings is 1. The molecule has 19 heavy (non-hydrogen) atoms. The van der Waals surface area contributed by atoms with Crippen molar-refractivity contribution < 1.29 is 13.9 Å². The predicted octanol–water partition coefficient (Wildman–Crippen LogP) is 2.00. The van der Waals surface area contributed by atoms with Gasteiger partial charge in [0.05, 0.1) is 5.02 Å². The summed E-state index contributed by atoms with van der Waals surface area (Å²) in [5, 5.41) is 3.80. The normalized spacial score (nSPS) is 10.4. The number of nitrogen functional groups attached to an aromatic ring is 1. The second-order valence-corrected chi connectivity index (χ2v) is 4.19. The van der Waals surface area contributed by atoms with Gasteiger partial charge in [0.1, 0.15) is 24.8 Å². The van der Waals surface area contributed by atoms with Crippen molar-refractivity contribution in [1.29, 1.82) is 0 Å². The number of carbonyl (C=O) groups is 1. The lowest BCUT2D eigenvalue weighted by Gasteiger charge is -2.07. The second kappa shape index (κ2) is 5.71. The van der Waals surface area contributed by atoms with Crippen LogP contribution in [0.5, 0.6) is 0 Å². The van der Waals surface area contributed by atoms with Crippen LogP contribution >= 0.6 is 11.6 Å². The predicted molar refractivity (Wildman–Crippen MR) is 67.8 cm³/mol. The number of aromatic nitrogens is 2. The lowest BCUT2D eigenvalue weighted by atomic mass is 10.2. The molecule has 0 fully saturated rings. The third-order valence-corrected chi connectivity index (χ3v) is 2.80. The van der Waals surface area contributed by atoms with Crippen LogP contribution < -0.4 is 5.73 Å². The zero-order valence-electron chi connectivity index (χ0n) is 9.85. The summed E-state index contributed by atoms with van der Waals surface area (Å²) >= 11 is 5.74. The quantitative estimate of drug-likeness (QED) is 0.871. The summed E-state index contributed by atoms with van der Waals surface area (Å²) in [5.74, 6) is -0.737. The van der Waals surface area contributed by atoms with Gasteiger partial charge in [-0.25, -0.2) is 4.39 Å². The van der Waals surface area contributed by atoms with Crippen molar-refractivity contribution >= 4 is 23.4 Å². The summed E-state index contributed by atoms with van der Waals surface area (Å²) < 4.78 is 19.5. The Hall–Kier alpha value is -2.08. The zero-order chi connectivity index (χ0) is 13.8. The van der Waals surface area contributed by atoms with Crippen LogP contribution in [0, 0.1) is 5.82 Å². The minimum atomic E-state index is -0.546. The van der Waals surface area contributed by atoms with Crippen LogP contribution in [0.15, 0.2) is 30.5 Å². The molecule has 2 rings (SSSR count). The van der Waals surface area contributed by atoms with Gasteiger partial charge in [-0.05, 0) is 12.1 Å². The molecule has 2 aromatic rings. The van der Waals surface area contributed by atoms with E-state index in [0.29, 0.717) is 11.4 Å². The molecule has 0 aliphatic rings. The molecule has 0 saturated heterocycles. The Morgan fingerprint density at radius 1 is 1.47 bits per heavy atom. The fraction of sp³-hybridized carbons (Fsp3) is 0.167. The number of nitrogens with two attached hydrogens (primary N) is 1. The van der Waals surface area contributed by atoms with Crippen LogP contribution in [0.25, 0.3) is 0 Å². The van der Waals surface area contributed by atoms with Crippen molar-refractivity contribution in [2.75, 3.05) is 5.73 Å². The van der Waals surface area contributed by atoms with Gasteiger partial charge in [0.25, 0.3) is 0 Å². The molecule has 100 valence electrons. The molecule has 0 unspecified atom stereocenters. The number of esters is 1. The maximum atomic E-state index is 13.2. The SMILES string of the molecule is Nc1ccn(CC(=O)OCc2cccc(F)c2Cl)n1. The zero-order valence-corrected chi connectivity index (χ0v) is 10.6. The van der Waals surface area contributed by atoms with E-state index in [1.807, 2.05) is 0 Å². The van der Waals surface area contributed by atoms with Gasteiger partial charge in [0.15, 0.2) is 0 Å². The Balaban J connectivity index is 1.91. The molecule has 0 saturated carbocycles. The fourth-order valence-electron chi connectivity index (χ4n) is 1.46. The van der Waals surface area contributed by atoms with E-state index in [2.05, 4.69) is 5.10 Å². The molecule has 1 aromatic carbocycles. The summed E-state index contributed by atoms with van der Waals surface area (Å²) in [7, 11) is 0. The third kappa shape index (κ3) is 3.45. The van der Waals surface area contributed by atoms with Crippen LogP contribution in [0.4, 0.5) is 10.2 Å². The minimum Gasteiger partial charge on any atom is -0.459 e. The van der Waals surface area contributed by atoms with Gasteiger partial charge in [0, 0.05) is 11.8 Å². The molecule has 5 nitrogen and oxygen atoms in total. The average Bonchev–Trinajstić information content (AvgIpc) is 2.76. The van der Waals surface area contributed by atoms with E-state index in [-0.39, 0.29) is 18.2 Å². The number of anilines is 1. The summed E-state index contributed by atoms with van der Waals surface area (Å²) in [6, 6.07) is 5.89. The van der Waals surface area contributed by atoms with Crippen molar-refractivity contribution in [3.63, 3.8) is 0 Å². The lowest BCUT2D eigenvalue weighted by molar-refractivity contribution is -0.145. The van der Waals surface area contributed by atoms with Gasteiger partial charge < -0.3 is 10.5 Å². The highest BCUT2D eigenvalue weighted by Gasteiger charge is 2.09. The van der Waals surface area contributed by atoms with Gasteiger partial charge in [-0.3, -0.25) is 9.48 Å². The number of hydrogen-bond acceptors (Lipinski definition) is 4. The number of ether oxygens (including phenoxy) is 1. The summed E-state index contributed by atoms with van der Waals surface area (Å²) in [6.07, 6.45) is 1.56. The van der Waals surface area contributed by atoms with Gasteiger partial charge in [0.2, 0.25) is 0 Å². The minimum absolute atomic E-state index is 0.0429. The van der Waals surface area contributed by atoms with E-state index in [4.69, 9.17) is 22.1 Å². The Morgan fingerprint density at radius 3 is 2.95 bits per heavy atom. The highest BCUT2D eigenvalue weighted by molar-refractivity contribution is 6.31. The van der Waals surface area contributed by atoms with Gasteiger partial charge in [-0.1, -0.05) is 23.7 Å². The van der Waals surface area contributed by atoms with Crippen LogP contribution in [0.1, 0.15) is 5.56 Å².